The summed E-state index contributed by atoms with van der Waals surface area (Å²) in [5.41, 5.74) is 7.75. The third-order valence-corrected chi connectivity index (χ3v) is 3.38. The number of nitrogens with zero attached hydrogens (tertiary/aromatic N) is 4. The molecule has 0 atom stereocenters. The first-order valence-corrected chi connectivity index (χ1v) is 6.49. The molecule has 0 bridgehead atoms. The third kappa shape index (κ3) is 2.06. The molecule has 0 aliphatic rings. The summed E-state index contributed by atoms with van der Waals surface area (Å²) in [6.07, 6.45) is 1.72. The van der Waals surface area contributed by atoms with Gasteiger partial charge in [-0.05, 0) is 13.0 Å². The van der Waals surface area contributed by atoms with Crippen molar-refractivity contribution in [2.75, 3.05) is 5.73 Å². The van der Waals surface area contributed by atoms with Crippen LogP contribution in [0.1, 0.15) is 12.6 Å². The Bertz CT molecular complexity index is 708. The second kappa shape index (κ2) is 4.59. The van der Waals surface area contributed by atoms with Gasteiger partial charge in [-0.3, -0.25) is 9.36 Å². The van der Waals surface area contributed by atoms with Crippen LogP contribution < -0.4 is 5.73 Å². The topological polar surface area (TPSA) is 61.7 Å². The fourth-order valence-electron chi connectivity index (χ4n) is 2.20. The van der Waals surface area contributed by atoms with Crippen molar-refractivity contribution in [3.63, 3.8) is 0 Å². The van der Waals surface area contributed by atoms with Crippen LogP contribution in [0.25, 0.3) is 10.9 Å². The van der Waals surface area contributed by atoms with Gasteiger partial charge in [0.2, 0.25) is 0 Å². The summed E-state index contributed by atoms with van der Waals surface area (Å²) < 4.78 is 3.70. The fourth-order valence-corrected chi connectivity index (χ4v) is 2.35. The first kappa shape index (κ1) is 12.0. The molecule has 19 heavy (non-hydrogen) atoms. The molecule has 0 unspecified atom stereocenters. The van der Waals surface area contributed by atoms with Crippen molar-refractivity contribution in [3.8, 4) is 0 Å². The zero-order valence-electron chi connectivity index (χ0n) is 10.5. The van der Waals surface area contributed by atoms with Gasteiger partial charge < -0.3 is 5.73 Å². The maximum Gasteiger partial charge on any atom is 0.164 e. The van der Waals surface area contributed by atoms with Crippen LogP contribution in [0.4, 0.5) is 5.82 Å². The molecule has 2 aromatic heterocycles. The molecule has 0 aliphatic heterocycles. The molecule has 0 spiro atoms. The highest BCUT2D eigenvalue weighted by molar-refractivity contribution is 6.32. The van der Waals surface area contributed by atoms with Gasteiger partial charge >= 0.3 is 0 Å². The Morgan fingerprint density at radius 2 is 2.05 bits per heavy atom. The number of halogens is 1. The Kier molecular flexibility index (Phi) is 2.91. The monoisotopic (exact) mass is 275 g/mol. The van der Waals surface area contributed by atoms with E-state index >= 15 is 0 Å². The molecule has 0 fully saturated rings. The molecule has 3 rings (SSSR count). The maximum atomic E-state index is 5.91. The lowest BCUT2D eigenvalue weighted by Gasteiger charge is -1.97. The molecular weight excluding hydrogens is 262 g/mol. The molecule has 0 radical (unpaired) electrons. The van der Waals surface area contributed by atoms with Gasteiger partial charge in [0.1, 0.15) is 5.02 Å². The second-order valence-corrected chi connectivity index (χ2v) is 4.75. The van der Waals surface area contributed by atoms with E-state index in [1.54, 1.807) is 10.9 Å². The van der Waals surface area contributed by atoms with Crippen LogP contribution in [0.3, 0.4) is 0 Å². The highest BCUT2D eigenvalue weighted by Crippen LogP contribution is 2.21. The zero-order valence-corrected chi connectivity index (χ0v) is 11.3. The standard InChI is InChI=1S/C13H14ClN5/c1-2-19-12-6-4-3-5-9(12)11(16-19)8-18-7-10(14)13(15)17-18/h3-7H,2,8H2,1H3,(H2,15,17). The quantitative estimate of drug-likeness (QED) is 0.799. The summed E-state index contributed by atoms with van der Waals surface area (Å²) in [4.78, 5) is 0. The van der Waals surface area contributed by atoms with Gasteiger partial charge in [-0.2, -0.15) is 10.2 Å². The lowest BCUT2D eigenvalue weighted by Crippen LogP contribution is -2.03. The van der Waals surface area contributed by atoms with E-state index in [2.05, 4.69) is 29.3 Å². The number of aromatic nitrogens is 4. The molecule has 2 N–H and O–H groups in total. The Hall–Kier alpha value is -2.01. The van der Waals surface area contributed by atoms with Crippen molar-refractivity contribution in [2.24, 2.45) is 0 Å². The predicted octanol–water partition coefficient (Wildman–Crippen LogP) is 2.54. The number of para-hydroxylation sites is 1. The number of nitrogens with two attached hydrogens (primary N) is 1. The number of hydrogen-bond acceptors (Lipinski definition) is 3. The Labute approximate surface area is 115 Å². The van der Waals surface area contributed by atoms with E-state index in [1.807, 2.05) is 16.8 Å². The van der Waals surface area contributed by atoms with Crippen LogP contribution in [0.15, 0.2) is 30.5 Å². The van der Waals surface area contributed by atoms with Crippen LogP contribution in [0, 0.1) is 0 Å². The molecule has 5 nitrogen and oxygen atoms in total. The average Bonchev–Trinajstić information content (AvgIpc) is 2.92. The van der Waals surface area contributed by atoms with E-state index in [4.69, 9.17) is 17.3 Å². The number of anilines is 1. The summed E-state index contributed by atoms with van der Waals surface area (Å²) in [6, 6.07) is 8.17. The van der Waals surface area contributed by atoms with E-state index in [0.29, 0.717) is 17.4 Å². The molecule has 0 aliphatic carbocycles. The molecule has 2 heterocycles. The molecule has 0 saturated carbocycles. The largest absolute Gasteiger partial charge is 0.381 e. The van der Waals surface area contributed by atoms with Crippen LogP contribution in [0.5, 0.6) is 0 Å². The number of nitrogen functional groups attached to an aromatic ring is 1. The Morgan fingerprint density at radius 3 is 2.74 bits per heavy atom. The van der Waals surface area contributed by atoms with E-state index in [1.165, 1.54) is 0 Å². The summed E-state index contributed by atoms with van der Waals surface area (Å²) >= 11 is 5.91. The predicted molar refractivity (Wildman–Crippen MR) is 76.2 cm³/mol. The summed E-state index contributed by atoms with van der Waals surface area (Å²) in [5.74, 6) is 0.348. The lowest BCUT2D eigenvalue weighted by molar-refractivity contribution is 0.629. The summed E-state index contributed by atoms with van der Waals surface area (Å²) in [7, 11) is 0. The fraction of sp³-hybridized carbons (Fsp3) is 0.231. The number of aryl methyl sites for hydroxylation is 1. The van der Waals surface area contributed by atoms with Crippen molar-refractivity contribution in [2.45, 2.75) is 20.0 Å². The van der Waals surface area contributed by atoms with Crippen molar-refractivity contribution in [1.82, 2.24) is 19.6 Å². The molecule has 0 saturated heterocycles. The molecule has 3 aromatic rings. The van der Waals surface area contributed by atoms with E-state index in [0.717, 1.165) is 23.1 Å². The van der Waals surface area contributed by atoms with Crippen molar-refractivity contribution in [3.05, 3.63) is 41.2 Å². The first-order chi connectivity index (χ1) is 9.19. The van der Waals surface area contributed by atoms with Gasteiger partial charge in [-0.1, -0.05) is 29.8 Å². The van der Waals surface area contributed by atoms with Crippen molar-refractivity contribution in [1.29, 1.82) is 0 Å². The Balaban J connectivity index is 2.05. The molecule has 98 valence electrons. The minimum atomic E-state index is 0.348. The summed E-state index contributed by atoms with van der Waals surface area (Å²) in [6.45, 7) is 3.47. The molecule has 6 heteroatoms. The van der Waals surface area contributed by atoms with Crippen LogP contribution >= 0.6 is 11.6 Å². The number of rotatable bonds is 3. The maximum absolute atomic E-state index is 5.91. The molecule has 1 aromatic carbocycles. The van der Waals surface area contributed by atoms with Crippen LogP contribution in [-0.2, 0) is 13.1 Å². The first-order valence-electron chi connectivity index (χ1n) is 6.12. The molecule has 0 amide bonds. The minimum Gasteiger partial charge on any atom is -0.381 e. The number of hydrogen-bond donors (Lipinski definition) is 1. The van der Waals surface area contributed by atoms with Gasteiger partial charge in [0.05, 0.1) is 17.8 Å². The van der Waals surface area contributed by atoms with Crippen LogP contribution in [-0.4, -0.2) is 19.6 Å². The van der Waals surface area contributed by atoms with Gasteiger partial charge in [0, 0.05) is 18.1 Å². The highest BCUT2D eigenvalue weighted by Gasteiger charge is 2.11. The average molecular weight is 276 g/mol. The Morgan fingerprint density at radius 1 is 1.26 bits per heavy atom. The van der Waals surface area contributed by atoms with Gasteiger partial charge in [-0.15, -0.1) is 0 Å². The lowest BCUT2D eigenvalue weighted by atomic mass is 10.2. The van der Waals surface area contributed by atoms with E-state index < -0.39 is 0 Å². The van der Waals surface area contributed by atoms with E-state index in [-0.39, 0.29) is 0 Å². The van der Waals surface area contributed by atoms with E-state index in [9.17, 15) is 0 Å². The normalized spacial score (nSPS) is 11.3. The SMILES string of the molecule is CCn1nc(Cn2cc(Cl)c(N)n2)c2ccccc21. The van der Waals surface area contributed by atoms with Crippen molar-refractivity contribution >= 4 is 28.3 Å². The highest BCUT2D eigenvalue weighted by atomic mass is 35.5. The minimum absolute atomic E-state index is 0.348. The number of benzene rings is 1. The smallest absolute Gasteiger partial charge is 0.164 e. The van der Waals surface area contributed by atoms with Gasteiger partial charge in [0.25, 0.3) is 0 Å². The van der Waals surface area contributed by atoms with Gasteiger partial charge in [0.15, 0.2) is 5.82 Å². The van der Waals surface area contributed by atoms with Crippen LogP contribution in [0.2, 0.25) is 5.02 Å². The van der Waals surface area contributed by atoms with Gasteiger partial charge in [-0.25, -0.2) is 0 Å². The zero-order chi connectivity index (χ0) is 13.4. The van der Waals surface area contributed by atoms with Crippen molar-refractivity contribution < 1.29 is 0 Å². The molecular formula is C13H14ClN5. The second-order valence-electron chi connectivity index (χ2n) is 4.34. The third-order valence-electron chi connectivity index (χ3n) is 3.09. The number of fused-ring (bicyclic) bond motifs is 1. The summed E-state index contributed by atoms with van der Waals surface area (Å²) in [5, 5.41) is 10.4.